The Balaban J connectivity index is 2.10. The van der Waals surface area contributed by atoms with E-state index in [0.717, 1.165) is 6.07 Å². The molecule has 1 aliphatic rings. The Morgan fingerprint density at radius 3 is 2.53 bits per heavy atom. The van der Waals surface area contributed by atoms with Gasteiger partial charge >= 0.3 is 12.1 Å². The number of hydrogen-bond acceptors (Lipinski definition) is 4. The quantitative estimate of drug-likeness (QED) is 0.891. The SMILES string of the molecule is O=C(O)C1CCN(c2cc(C(F)(F)F)cnn2)CC1. The lowest BCUT2D eigenvalue weighted by molar-refractivity contribution is -0.142. The molecule has 0 atom stereocenters. The van der Waals surface area contributed by atoms with E-state index < -0.39 is 23.6 Å². The molecule has 1 saturated heterocycles. The van der Waals surface area contributed by atoms with Crippen LogP contribution in [0.1, 0.15) is 18.4 Å². The van der Waals surface area contributed by atoms with Gasteiger partial charge in [0, 0.05) is 13.1 Å². The van der Waals surface area contributed by atoms with E-state index in [1.807, 2.05) is 0 Å². The van der Waals surface area contributed by atoms with Crippen LogP contribution in [-0.2, 0) is 11.0 Å². The van der Waals surface area contributed by atoms with E-state index in [1.165, 1.54) is 0 Å². The molecule has 0 unspecified atom stereocenters. The van der Waals surface area contributed by atoms with E-state index in [4.69, 9.17) is 5.11 Å². The molecule has 104 valence electrons. The average Bonchev–Trinajstić information content (AvgIpc) is 2.38. The van der Waals surface area contributed by atoms with Crippen LogP contribution in [0.2, 0.25) is 0 Å². The highest BCUT2D eigenvalue weighted by Gasteiger charge is 2.32. The first-order valence-electron chi connectivity index (χ1n) is 5.75. The first kappa shape index (κ1) is 13.6. The number of halogens is 3. The molecule has 1 aromatic heterocycles. The van der Waals surface area contributed by atoms with Crippen molar-refractivity contribution in [3.8, 4) is 0 Å². The minimum atomic E-state index is -4.45. The zero-order valence-corrected chi connectivity index (χ0v) is 9.89. The molecule has 0 bridgehead atoms. The maximum atomic E-state index is 12.5. The molecule has 0 aliphatic carbocycles. The summed E-state index contributed by atoms with van der Waals surface area (Å²) in [4.78, 5) is 12.4. The highest BCUT2D eigenvalue weighted by Crippen LogP contribution is 2.31. The zero-order valence-electron chi connectivity index (χ0n) is 9.89. The highest BCUT2D eigenvalue weighted by atomic mass is 19.4. The van der Waals surface area contributed by atoms with E-state index in [0.29, 0.717) is 32.1 Å². The number of nitrogens with zero attached hydrogens (tertiary/aromatic N) is 3. The number of aliphatic carboxylic acids is 1. The minimum Gasteiger partial charge on any atom is -0.481 e. The Morgan fingerprint density at radius 2 is 2.00 bits per heavy atom. The van der Waals surface area contributed by atoms with Crippen LogP contribution in [0.3, 0.4) is 0 Å². The number of alkyl halides is 3. The summed E-state index contributed by atoms with van der Waals surface area (Å²) < 4.78 is 37.6. The molecule has 2 rings (SSSR count). The van der Waals surface area contributed by atoms with E-state index in [2.05, 4.69) is 10.2 Å². The number of carboxylic acids is 1. The van der Waals surface area contributed by atoms with Crippen LogP contribution in [0.5, 0.6) is 0 Å². The van der Waals surface area contributed by atoms with Crippen LogP contribution >= 0.6 is 0 Å². The Morgan fingerprint density at radius 1 is 1.37 bits per heavy atom. The minimum absolute atomic E-state index is 0.138. The number of piperidine rings is 1. The van der Waals surface area contributed by atoms with Crippen molar-refractivity contribution >= 4 is 11.8 Å². The van der Waals surface area contributed by atoms with E-state index >= 15 is 0 Å². The Labute approximate surface area is 107 Å². The summed E-state index contributed by atoms with van der Waals surface area (Å²) in [5, 5.41) is 15.9. The van der Waals surface area contributed by atoms with Crippen molar-refractivity contribution in [2.24, 2.45) is 5.92 Å². The maximum Gasteiger partial charge on any atom is 0.418 e. The van der Waals surface area contributed by atoms with Crippen LogP contribution in [-0.4, -0.2) is 34.4 Å². The van der Waals surface area contributed by atoms with E-state index in [9.17, 15) is 18.0 Å². The van der Waals surface area contributed by atoms with Gasteiger partial charge in [-0.15, -0.1) is 5.10 Å². The predicted molar refractivity (Wildman–Crippen MR) is 59.6 cm³/mol. The summed E-state index contributed by atoms with van der Waals surface area (Å²) in [6.07, 6.45) is -2.99. The number of anilines is 1. The molecule has 0 radical (unpaired) electrons. The third kappa shape index (κ3) is 3.12. The number of carboxylic acid groups (broad SMARTS) is 1. The molecular formula is C11H12F3N3O2. The van der Waals surface area contributed by atoms with Gasteiger partial charge in [-0.1, -0.05) is 0 Å². The smallest absolute Gasteiger partial charge is 0.418 e. The molecule has 8 heteroatoms. The molecule has 1 aromatic rings. The highest BCUT2D eigenvalue weighted by molar-refractivity contribution is 5.70. The maximum absolute atomic E-state index is 12.5. The second-order valence-corrected chi connectivity index (χ2v) is 4.40. The predicted octanol–water partition coefficient (Wildman–Crippen LogP) is 1.80. The second kappa shape index (κ2) is 5.02. The van der Waals surface area contributed by atoms with Crippen molar-refractivity contribution in [2.75, 3.05) is 18.0 Å². The van der Waals surface area contributed by atoms with Crippen LogP contribution in [0.4, 0.5) is 19.0 Å². The van der Waals surface area contributed by atoms with Gasteiger partial charge in [0.2, 0.25) is 0 Å². The molecule has 0 spiro atoms. The number of aromatic nitrogens is 2. The topological polar surface area (TPSA) is 66.3 Å². The van der Waals surface area contributed by atoms with Crippen LogP contribution in [0.15, 0.2) is 12.3 Å². The summed E-state index contributed by atoms with van der Waals surface area (Å²) >= 11 is 0. The summed E-state index contributed by atoms with van der Waals surface area (Å²) in [7, 11) is 0. The summed E-state index contributed by atoms with van der Waals surface area (Å²) in [5.74, 6) is -1.16. The number of carbonyl (C=O) groups is 1. The van der Waals surface area contributed by atoms with Crippen LogP contribution in [0, 0.1) is 5.92 Å². The van der Waals surface area contributed by atoms with Gasteiger partial charge in [0.25, 0.3) is 0 Å². The van der Waals surface area contributed by atoms with E-state index in [1.54, 1.807) is 4.90 Å². The number of rotatable bonds is 2. The molecule has 19 heavy (non-hydrogen) atoms. The van der Waals surface area contributed by atoms with Crippen LogP contribution < -0.4 is 4.90 Å². The molecular weight excluding hydrogens is 263 g/mol. The van der Waals surface area contributed by atoms with Gasteiger partial charge in [-0.3, -0.25) is 4.79 Å². The van der Waals surface area contributed by atoms with Crippen LogP contribution in [0.25, 0.3) is 0 Å². The molecule has 0 saturated carbocycles. The summed E-state index contributed by atoms with van der Waals surface area (Å²) in [6, 6.07) is 0.939. The molecule has 1 fully saturated rings. The summed E-state index contributed by atoms with van der Waals surface area (Å²) in [6.45, 7) is 0.736. The lowest BCUT2D eigenvalue weighted by Crippen LogP contribution is -2.37. The first-order chi connectivity index (χ1) is 8.88. The van der Waals surface area contributed by atoms with Gasteiger partial charge < -0.3 is 10.0 Å². The lowest BCUT2D eigenvalue weighted by Gasteiger charge is -2.30. The molecule has 5 nitrogen and oxygen atoms in total. The first-order valence-corrected chi connectivity index (χ1v) is 5.75. The van der Waals surface area contributed by atoms with Crippen molar-refractivity contribution in [2.45, 2.75) is 19.0 Å². The third-order valence-electron chi connectivity index (χ3n) is 3.14. The fraction of sp³-hybridized carbons (Fsp3) is 0.545. The average molecular weight is 275 g/mol. The number of hydrogen-bond donors (Lipinski definition) is 1. The van der Waals surface area contributed by atoms with E-state index in [-0.39, 0.29) is 5.82 Å². The van der Waals surface area contributed by atoms with Crippen molar-refractivity contribution in [1.29, 1.82) is 0 Å². The molecule has 1 N–H and O–H groups in total. The zero-order chi connectivity index (χ0) is 14.0. The van der Waals surface area contributed by atoms with Gasteiger partial charge in [0.05, 0.1) is 17.7 Å². The molecule has 2 heterocycles. The normalized spacial score (nSPS) is 17.5. The Hall–Kier alpha value is -1.86. The standard InChI is InChI=1S/C11H12F3N3O2/c12-11(13,14)8-5-9(16-15-6-8)17-3-1-7(2-4-17)10(18)19/h5-7H,1-4H2,(H,18,19). The summed E-state index contributed by atoms with van der Waals surface area (Å²) in [5.41, 5.74) is -0.849. The molecule has 0 aromatic carbocycles. The van der Waals surface area contributed by atoms with Crippen molar-refractivity contribution in [3.63, 3.8) is 0 Å². The van der Waals surface area contributed by atoms with Gasteiger partial charge in [-0.05, 0) is 18.9 Å². The molecule has 1 aliphatic heterocycles. The van der Waals surface area contributed by atoms with Gasteiger partial charge in [-0.2, -0.15) is 18.3 Å². The van der Waals surface area contributed by atoms with Crippen molar-refractivity contribution < 1.29 is 23.1 Å². The largest absolute Gasteiger partial charge is 0.481 e. The third-order valence-corrected chi connectivity index (χ3v) is 3.14. The lowest BCUT2D eigenvalue weighted by atomic mass is 9.97. The molecule has 0 amide bonds. The van der Waals surface area contributed by atoms with Crippen molar-refractivity contribution in [3.05, 3.63) is 17.8 Å². The van der Waals surface area contributed by atoms with Gasteiger partial charge in [0.15, 0.2) is 5.82 Å². The Bertz CT molecular complexity index is 470. The van der Waals surface area contributed by atoms with Crippen molar-refractivity contribution in [1.82, 2.24) is 10.2 Å². The second-order valence-electron chi connectivity index (χ2n) is 4.40. The van der Waals surface area contributed by atoms with Gasteiger partial charge in [0.1, 0.15) is 0 Å². The fourth-order valence-electron chi connectivity index (χ4n) is 2.02. The Kier molecular flexibility index (Phi) is 3.59. The van der Waals surface area contributed by atoms with Gasteiger partial charge in [-0.25, -0.2) is 0 Å². The monoisotopic (exact) mass is 275 g/mol. The fourth-order valence-corrected chi connectivity index (χ4v) is 2.02.